The second-order valence-electron chi connectivity index (χ2n) is 5.24. The second-order valence-corrected chi connectivity index (χ2v) is 5.24. The van der Waals surface area contributed by atoms with E-state index in [0.717, 1.165) is 32.6 Å². The average molecular weight is 267 g/mol. The molecule has 106 valence electrons. The molecule has 0 saturated carbocycles. The molecule has 1 fully saturated rings. The van der Waals surface area contributed by atoms with Crippen LogP contribution >= 0.6 is 0 Å². The quantitative estimate of drug-likeness (QED) is 0.885. The topological polar surface area (TPSA) is 62.9 Å². The highest BCUT2D eigenvalue weighted by Crippen LogP contribution is 2.19. The van der Waals surface area contributed by atoms with Crippen molar-refractivity contribution in [2.45, 2.75) is 26.3 Å². The average Bonchev–Trinajstić information content (AvgIpc) is 2.71. The van der Waals surface area contributed by atoms with Crippen LogP contribution in [-0.2, 0) is 11.3 Å². The molecular formula is C14H21NO4. The standard InChI is InChI=1S/C14H21NO4/c1-10-13(14(16)17)7-12(19-10)9-15(2)8-11-3-5-18-6-4-11/h7,11H,3-6,8-9H2,1-2H3,(H,16,17). The number of aryl methyl sites for hydroxylation is 1. The van der Waals surface area contributed by atoms with E-state index in [2.05, 4.69) is 4.90 Å². The van der Waals surface area contributed by atoms with Gasteiger partial charge >= 0.3 is 5.97 Å². The minimum Gasteiger partial charge on any atom is -0.478 e. The zero-order valence-corrected chi connectivity index (χ0v) is 11.5. The Morgan fingerprint density at radius 2 is 2.16 bits per heavy atom. The number of aromatic carboxylic acids is 1. The van der Waals surface area contributed by atoms with Crippen LogP contribution in [0.4, 0.5) is 0 Å². The van der Waals surface area contributed by atoms with Gasteiger partial charge in [-0.05, 0) is 38.8 Å². The van der Waals surface area contributed by atoms with E-state index in [4.69, 9.17) is 14.3 Å². The smallest absolute Gasteiger partial charge is 0.339 e. The summed E-state index contributed by atoms with van der Waals surface area (Å²) in [5.74, 6) is 0.916. The molecule has 0 amide bonds. The molecule has 1 saturated heterocycles. The van der Waals surface area contributed by atoms with Gasteiger partial charge in [-0.25, -0.2) is 4.79 Å². The Kier molecular flexibility index (Phi) is 4.61. The van der Waals surface area contributed by atoms with E-state index in [0.29, 0.717) is 24.0 Å². The molecule has 5 nitrogen and oxygen atoms in total. The molecule has 2 heterocycles. The maximum Gasteiger partial charge on any atom is 0.339 e. The van der Waals surface area contributed by atoms with E-state index in [1.54, 1.807) is 13.0 Å². The van der Waals surface area contributed by atoms with Gasteiger partial charge in [0.2, 0.25) is 0 Å². The van der Waals surface area contributed by atoms with Crippen molar-refractivity contribution in [3.8, 4) is 0 Å². The van der Waals surface area contributed by atoms with Gasteiger partial charge in [0.1, 0.15) is 17.1 Å². The van der Waals surface area contributed by atoms with Crippen molar-refractivity contribution in [1.82, 2.24) is 4.90 Å². The van der Waals surface area contributed by atoms with Crippen molar-refractivity contribution in [1.29, 1.82) is 0 Å². The van der Waals surface area contributed by atoms with Crippen molar-refractivity contribution >= 4 is 5.97 Å². The normalized spacial score (nSPS) is 17.0. The van der Waals surface area contributed by atoms with Crippen LogP contribution in [0.3, 0.4) is 0 Å². The summed E-state index contributed by atoms with van der Waals surface area (Å²) in [4.78, 5) is 13.1. The van der Waals surface area contributed by atoms with Crippen LogP contribution in [0.25, 0.3) is 0 Å². The molecule has 1 aliphatic rings. The fraction of sp³-hybridized carbons (Fsp3) is 0.643. The van der Waals surface area contributed by atoms with Crippen molar-refractivity contribution in [3.05, 3.63) is 23.2 Å². The Hall–Kier alpha value is -1.33. The lowest BCUT2D eigenvalue weighted by molar-refractivity contribution is 0.0542. The monoisotopic (exact) mass is 267 g/mol. The van der Waals surface area contributed by atoms with Gasteiger partial charge in [0.25, 0.3) is 0 Å². The fourth-order valence-electron chi connectivity index (χ4n) is 2.53. The van der Waals surface area contributed by atoms with Crippen molar-refractivity contribution in [3.63, 3.8) is 0 Å². The lowest BCUT2D eigenvalue weighted by atomic mass is 10.00. The van der Waals surface area contributed by atoms with E-state index in [1.807, 2.05) is 7.05 Å². The zero-order chi connectivity index (χ0) is 13.8. The van der Waals surface area contributed by atoms with Crippen LogP contribution in [0.1, 0.15) is 34.7 Å². The fourth-order valence-corrected chi connectivity index (χ4v) is 2.53. The first-order valence-electron chi connectivity index (χ1n) is 6.65. The number of hydrogen-bond acceptors (Lipinski definition) is 4. The molecule has 0 spiro atoms. The molecule has 2 rings (SSSR count). The van der Waals surface area contributed by atoms with E-state index in [1.165, 1.54) is 0 Å². The molecule has 0 unspecified atom stereocenters. The Morgan fingerprint density at radius 1 is 1.47 bits per heavy atom. The van der Waals surface area contributed by atoms with Crippen LogP contribution in [0, 0.1) is 12.8 Å². The second kappa shape index (κ2) is 6.21. The van der Waals surface area contributed by atoms with E-state index >= 15 is 0 Å². The van der Waals surface area contributed by atoms with Crippen LogP contribution in [0.5, 0.6) is 0 Å². The number of nitrogens with zero attached hydrogens (tertiary/aromatic N) is 1. The van der Waals surface area contributed by atoms with Crippen LogP contribution in [-0.4, -0.2) is 42.8 Å². The molecule has 1 aromatic rings. The summed E-state index contributed by atoms with van der Waals surface area (Å²) < 4.78 is 10.8. The van der Waals surface area contributed by atoms with E-state index in [-0.39, 0.29) is 5.56 Å². The lowest BCUT2D eigenvalue weighted by Gasteiger charge is -2.26. The van der Waals surface area contributed by atoms with Crippen molar-refractivity contribution < 1.29 is 19.1 Å². The highest BCUT2D eigenvalue weighted by atomic mass is 16.5. The molecule has 1 N–H and O–H groups in total. The van der Waals surface area contributed by atoms with Gasteiger partial charge in [0, 0.05) is 19.8 Å². The van der Waals surface area contributed by atoms with Gasteiger partial charge in [0.05, 0.1) is 6.54 Å². The Balaban J connectivity index is 1.89. The van der Waals surface area contributed by atoms with Crippen LogP contribution < -0.4 is 0 Å². The molecule has 0 bridgehead atoms. The summed E-state index contributed by atoms with van der Waals surface area (Å²) in [5, 5.41) is 8.99. The number of carbonyl (C=O) groups is 1. The lowest BCUT2D eigenvalue weighted by Crippen LogP contribution is -2.29. The third kappa shape index (κ3) is 3.81. The van der Waals surface area contributed by atoms with Crippen molar-refractivity contribution in [2.24, 2.45) is 5.92 Å². The Bertz CT molecular complexity index is 435. The molecule has 0 aliphatic carbocycles. The SMILES string of the molecule is Cc1oc(CN(C)CC2CCOCC2)cc1C(=O)O. The molecule has 5 heteroatoms. The highest BCUT2D eigenvalue weighted by molar-refractivity contribution is 5.88. The zero-order valence-electron chi connectivity index (χ0n) is 11.5. The van der Waals surface area contributed by atoms with Crippen LogP contribution in [0.15, 0.2) is 10.5 Å². The summed E-state index contributed by atoms with van der Waals surface area (Å²) in [7, 11) is 2.04. The first-order chi connectivity index (χ1) is 9.06. The Labute approximate surface area is 113 Å². The number of rotatable bonds is 5. The van der Waals surface area contributed by atoms with E-state index < -0.39 is 5.97 Å². The maximum atomic E-state index is 11.0. The third-order valence-electron chi connectivity index (χ3n) is 3.54. The van der Waals surface area contributed by atoms with Crippen LogP contribution in [0.2, 0.25) is 0 Å². The van der Waals surface area contributed by atoms with Crippen molar-refractivity contribution in [2.75, 3.05) is 26.8 Å². The summed E-state index contributed by atoms with van der Waals surface area (Å²) in [6.45, 7) is 5.02. The predicted octanol–water partition coefficient (Wildman–Crippen LogP) is 2.14. The summed E-state index contributed by atoms with van der Waals surface area (Å²) in [5.41, 5.74) is 0.259. The first-order valence-corrected chi connectivity index (χ1v) is 6.65. The summed E-state index contributed by atoms with van der Waals surface area (Å²) in [6.07, 6.45) is 2.20. The molecule has 0 atom stereocenters. The number of ether oxygens (including phenoxy) is 1. The molecule has 19 heavy (non-hydrogen) atoms. The predicted molar refractivity (Wildman–Crippen MR) is 70.3 cm³/mol. The Morgan fingerprint density at radius 3 is 2.74 bits per heavy atom. The van der Waals surface area contributed by atoms with Gasteiger partial charge in [-0.3, -0.25) is 4.90 Å². The number of carboxylic acid groups (broad SMARTS) is 1. The summed E-state index contributed by atoms with van der Waals surface area (Å²) >= 11 is 0. The molecular weight excluding hydrogens is 246 g/mol. The first kappa shape index (κ1) is 14.1. The van der Waals surface area contributed by atoms with Gasteiger partial charge in [-0.15, -0.1) is 0 Å². The third-order valence-corrected chi connectivity index (χ3v) is 3.54. The largest absolute Gasteiger partial charge is 0.478 e. The van der Waals surface area contributed by atoms with Gasteiger partial charge in [-0.2, -0.15) is 0 Å². The molecule has 1 aromatic heterocycles. The molecule has 0 aromatic carbocycles. The minimum absolute atomic E-state index is 0.259. The maximum absolute atomic E-state index is 11.0. The number of furan rings is 1. The minimum atomic E-state index is -0.931. The van der Waals surface area contributed by atoms with Gasteiger partial charge < -0.3 is 14.3 Å². The molecule has 1 aliphatic heterocycles. The van der Waals surface area contributed by atoms with Gasteiger partial charge in [-0.1, -0.05) is 0 Å². The van der Waals surface area contributed by atoms with Gasteiger partial charge in [0.15, 0.2) is 0 Å². The number of carboxylic acids is 1. The molecule has 0 radical (unpaired) electrons. The highest BCUT2D eigenvalue weighted by Gasteiger charge is 2.18. The number of hydrogen-bond donors (Lipinski definition) is 1. The van der Waals surface area contributed by atoms with E-state index in [9.17, 15) is 4.79 Å². The summed E-state index contributed by atoms with van der Waals surface area (Å²) in [6, 6.07) is 1.62.